The minimum atomic E-state index is -0.434. The van der Waals surface area contributed by atoms with Gasteiger partial charge in [0.2, 0.25) is 0 Å². The van der Waals surface area contributed by atoms with Crippen LogP contribution in [0.2, 0.25) is 0 Å². The highest BCUT2D eigenvalue weighted by atomic mass is 79.9. The molecule has 1 aromatic carbocycles. The Labute approximate surface area is 114 Å². The summed E-state index contributed by atoms with van der Waals surface area (Å²) < 4.78 is 1.00. The van der Waals surface area contributed by atoms with Crippen molar-refractivity contribution < 1.29 is 5.11 Å². The number of aliphatic hydroxyl groups is 1. The summed E-state index contributed by atoms with van der Waals surface area (Å²) in [5.41, 5.74) is 1.20. The van der Waals surface area contributed by atoms with Gasteiger partial charge in [-0.1, -0.05) is 37.3 Å². The Morgan fingerprint density at radius 3 is 2.47 bits per heavy atom. The van der Waals surface area contributed by atoms with E-state index in [1.165, 1.54) is 5.56 Å². The molecule has 90 valence electrons. The first-order valence-electron chi connectivity index (χ1n) is 5.70. The van der Waals surface area contributed by atoms with E-state index in [1.807, 2.05) is 29.6 Å². The normalized spacial score (nSPS) is 14.5. The Balaban J connectivity index is 2.28. The van der Waals surface area contributed by atoms with Crippen LogP contribution in [0.3, 0.4) is 0 Å². The highest BCUT2D eigenvalue weighted by Crippen LogP contribution is 2.39. The van der Waals surface area contributed by atoms with Crippen LogP contribution in [0.25, 0.3) is 0 Å². The standard InChI is InChI=1S/C14H15BrOS/c1-2-11(10-6-4-3-5-7-10)13(16)14-12(15)8-9-17-14/h3-9,11,13,16H,2H2,1H3. The molecule has 0 aliphatic carbocycles. The van der Waals surface area contributed by atoms with Crippen molar-refractivity contribution in [2.24, 2.45) is 0 Å². The molecule has 3 heteroatoms. The van der Waals surface area contributed by atoms with Crippen molar-refractivity contribution in [3.8, 4) is 0 Å². The molecule has 2 atom stereocenters. The van der Waals surface area contributed by atoms with Gasteiger partial charge in [0.1, 0.15) is 0 Å². The summed E-state index contributed by atoms with van der Waals surface area (Å²) in [4.78, 5) is 1.01. The highest BCUT2D eigenvalue weighted by molar-refractivity contribution is 9.10. The largest absolute Gasteiger partial charge is 0.387 e. The molecular formula is C14H15BrOS. The van der Waals surface area contributed by atoms with E-state index < -0.39 is 6.10 Å². The molecular weight excluding hydrogens is 296 g/mol. The van der Waals surface area contributed by atoms with Crippen LogP contribution < -0.4 is 0 Å². The van der Waals surface area contributed by atoms with Gasteiger partial charge in [-0.15, -0.1) is 11.3 Å². The van der Waals surface area contributed by atoms with E-state index in [2.05, 4.69) is 35.0 Å². The fourth-order valence-electron chi connectivity index (χ4n) is 2.04. The highest BCUT2D eigenvalue weighted by Gasteiger charge is 2.23. The van der Waals surface area contributed by atoms with Crippen molar-refractivity contribution in [1.29, 1.82) is 0 Å². The van der Waals surface area contributed by atoms with Crippen molar-refractivity contribution in [3.05, 3.63) is 56.7 Å². The monoisotopic (exact) mass is 310 g/mol. The third-order valence-electron chi connectivity index (χ3n) is 2.96. The smallest absolute Gasteiger partial charge is 0.0961 e. The van der Waals surface area contributed by atoms with Gasteiger partial charge in [-0.25, -0.2) is 0 Å². The first kappa shape index (κ1) is 12.8. The summed E-state index contributed by atoms with van der Waals surface area (Å²) in [7, 11) is 0. The van der Waals surface area contributed by atoms with Gasteiger partial charge in [0.25, 0.3) is 0 Å². The van der Waals surface area contributed by atoms with Crippen molar-refractivity contribution in [2.45, 2.75) is 25.4 Å². The van der Waals surface area contributed by atoms with Gasteiger partial charge in [0, 0.05) is 15.3 Å². The van der Waals surface area contributed by atoms with Crippen LogP contribution in [0.1, 0.15) is 35.8 Å². The molecule has 1 aromatic heterocycles. The minimum absolute atomic E-state index is 0.158. The lowest BCUT2D eigenvalue weighted by atomic mass is 9.90. The lowest BCUT2D eigenvalue weighted by Crippen LogP contribution is -2.09. The molecule has 0 fully saturated rings. The number of aliphatic hydroxyl groups excluding tert-OH is 1. The Bertz CT molecular complexity index is 466. The van der Waals surface area contributed by atoms with Crippen molar-refractivity contribution in [3.63, 3.8) is 0 Å². The van der Waals surface area contributed by atoms with Crippen LogP contribution in [0.4, 0.5) is 0 Å². The Morgan fingerprint density at radius 2 is 1.94 bits per heavy atom. The summed E-state index contributed by atoms with van der Waals surface area (Å²) in [5, 5.41) is 12.5. The zero-order chi connectivity index (χ0) is 12.3. The summed E-state index contributed by atoms with van der Waals surface area (Å²) in [6.45, 7) is 2.11. The third kappa shape index (κ3) is 2.79. The molecule has 0 spiro atoms. The molecule has 0 aliphatic heterocycles. The Kier molecular flexibility index (Phi) is 4.37. The molecule has 1 heterocycles. The molecule has 0 amide bonds. The van der Waals surface area contributed by atoms with Gasteiger partial charge in [-0.2, -0.15) is 0 Å². The summed E-state index contributed by atoms with van der Waals surface area (Å²) >= 11 is 5.09. The van der Waals surface area contributed by atoms with Gasteiger partial charge in [0.15, 0.2) is 0 Å². The maximum absolute atomic E-state index is 10.5. The molecule has 0 bridgehead atoms. The number of rotatable bonds is 4. The second-order valence-corrected chi connectivity index (χ2v) is 5.81. The molecule has 0 radical (unpaired) electrons. The fourth-order valence-corrected chi connectivity index (χ4v) is 3.70. The summed E-state index contributed by atoms with van der Waals surface area (Å²) in [6, 6.07) is 12.2. The number of benzene rings is 1. The van der Waals surface area contributed by atoms with Crippen LogP contribution in [0, 0.1) is 0 Å². The number of halogens is 1. The predicted octanol–water partition coefficient (Wildman–Crippen LogP) is 4.74. The first-order chi connectivity index (χ1) is 8.24. The minimum Gasteiger partial charge on any atom is -0.387 e. The summed E-state index contributed by atoms with van der Waals surface area (Å²) in [6.07, 6.45) is 0.493. The van der Waals surface area contributed by atoms with Crippen LogP contribution in [0.5, 0.6) is 0 Å². The van der Waals surface area contributed by atoms with Crippen molar-refractivity contribution >= 4 is 27.3 Å². The van der Waals surface area contributed by atoms with Crippen LogP contribution >= 0.6 is 27.3 Å². The zero-order valence-electron chi connectivity index (χ0n) is 9.64. The molecule has 2 aromatic rings. The van der Waals surface area contributed by atoms with Crippen LogP contribution in [-0.4, -0.2) is 5.11 Å². The first-order valence-corrected chi connectivity index (χ1v) is 7.37. The van der Waals surface area contributed by atoms with Gasteiger partial charge in [0.05, 0.1) is 6.10 Å². The van der Waals surface area contributed by atoms with Gasteiger partial charge in [-0.05, 0) is 39.4 Å². The number of hydrogen-bond acceptors (Lipinski definition) is 2. The van der Waals surface area contributed by atoms with Crippen molar-refractivity contribution in [2.75, 3.05) is 0 Å². The molecule has 1 N–H and O–H groups in total. The Hall–Kier alpha value is -0.640. The van der Waals surface area contributed by atoms with Crippen LogP contribution in [0.15, 0.2) is 46.3 Å². The SMILES string of the molecule is CCC(c1ccccc1)C(O)c1sccc1Br. The molecule has 0 saturated carbocycles. The van der Waals surface area contributed by atoms with Crippen molar-refractivity contribution in [1.82, 2.24) is 0 Å². The fraction of sp³-hybridized carbons (Fsp3) is 0.286. The average Bonchev–Trinajstić information content (AvgIpc) is 2.77. The van der Waals surface area contributed by atoms with Crippen LogP contribution in [-0.2, 0) is 0 Å². The molecule has 1 nitrogen and oxygen atoms in total. The topological polar surface area (TPSA) is 20.2 Å². The predicted molar refractivity (Wildman–Crippen MR) is 76.5 cm³/mol. The molecule has 2 rings (SSSR count). The lowest BCUT2D eigenvalue weighted by Gasteiger charge is -2.21. The van der Waals surface area contributed by atoms with Gasteiger partial charge >= 0.3 is 0 Å². The van der Waals surface area contributed by atoms with E-state index in [1.54, 1.807) is 11.3 Å². The van der Waals surface area contributed by atoms with E-state index in [9.17, 15) is 5.11 Å². The van der Waals surface area contributed by atoms with E-state index in [-0.39, 0.29) is 5.92 Å². The third-order valence-corrected chi connectivity index (χ3v) is 4.90. The maximum atomic E-state index is 10.5. The van der Waals surface area contributed by atoms with E-state index in [4.69, 9.17) is 0 Å². The molecule has 17 heavy (non-hydrogen) atoms. The molecule has 2 unspecified atom stereocenters. The quantitative estimate of drug-likeness (QED) is 0.865. The van der Waals surface area contributed by atoms with Gasteiger partial charge in [-0.3, -0.25) is 0 Å². The second kappa shape index (κ2) is 5.80. The molecule has 0 aliphatic rings. The summed E-state index contributed by atoms with van der Waals surface area (Å²) in [5.74, 6) is 0.158. The average molecular weight is 311 g/mol. The number of hydrogen-bond donors (Lipinski definition) is 1. The van der Waals surface area contributed by atoms with E-state index >= 15 is 0 Å². The second-order valence-electron chi connectivity index (χ2n) is 4.00. The van der Waals surface area contributed by atoms with E-state index in [0.717, 1.165) is 15.8 Å². The maximum Gasteiger partial charge on any atom is 0.0961 e. The lowest BCUT2D eigenvalue weighted by molar-refractivity contribution is 0.145. The van der Waals surface area contributed by atoms with E-state index in [0.29, 0.717) is 0 Å². The number of thiophene rings is 1. The Morgan fingerprint density at radius 1 is 1.24 bits per heavy atom. The zero-order valence-corrected chi connectivity index (χ0v) is 12.0. The molecule has 0 saturated heterocycles. The van der Waals surface area contributed by atoms with Gasteiger partial charge < -0.3 is 5.11 Å².